The second kappa shape index (κ2) is 7.49. The fourth-order valence-corrected chi connectivity index (χ4v) is 15.4. The van der Waals surface area contributed by atoms with Gasteiger partial charge in [-0.3, -0.25) is 0 Å². The van der Waals surface area contributed by atoms with Gasteiger partial charge in [0.05, 0.1) is 0 Å². The van der Waals surface area contributed by atoms with Gasteiger partial charge in [-0.1, -0.05) is 0 Å². The summed E-state index contributed by atoms with van der Waals surface area (Å²) in [5.41, 5.74) is 0. The quantitative estimate of drug-likeness (QED) is 0.478. The molecular formula is C12H32O4Si3. The van der Waals surface area contributed by atoms with Crippen molar-refractivity contribution in [3.63, 3.8) is 0 Å². The Morgan fingerprint density at radius 2 is 1.26 bits per heavy atom. The minimum Gasteiger partial charge on any atom is -0.437 e. The molecule has 116 valence electrons. The van der Waals surface area contributed by atoms with Crippen molar-refractivity contribution in [2.45, 2.75) is 64.6 Å². The smallest absolute Gasteiger partial charge is 0.311 e. The highest BCUT2D eigenvalue weighted by Crippen LogP contribution is 2.24. The van der Waals surface area contributed by atoms with Crippen molar-refractivity contribution in [2.75, 3.05) is 14.2 Å². The standard InChI is InChI=1S/C12H32O4Si3/c1-13-12(14-2)10-11-18(6,7)16-19(8,9)15-17(3,4)5/h12H,10-11H2,1-9H3. The van der Waals surface area contributed by atoms with E-state index in [9.17, 15) is 0 Å². The summed E-state index contributed by atoms with van der Waals surface area (Å²) in [6.45, 7) is 15.5. The van der Waals surface area contributed by atoms with Crippen LogP contribution >= 0.6 is 0 Å². The molecule has 0 fully saturated rings. The van der Waals surface area contributed by atoms with Crippen molar-refractivity contribution in [1.29, 1.82) is 0 Å². The first-order valence-corrected chi connectivity index (χ1v) is 16.2. The van der Waals surface area contributed by atoms with E-state index < -0.39 is 25.2 Å². The van der Waals surface area contributed by atoms with Crippen molar-refractivity contribution in [3.8, 4) is 0 Å². The molecule has 0 saturated carbocycles. The first-order valence-electron chi connectivity index (χ1n) is 6.87. The maximum atomic E-state index is 6.42. The maximum absolute atomic E-state index is 6.42. The molecule has 0 aromatic heterocycles. The van der Waals surface area contributed by atoms with Crippen molar-refractivity contribution in [3.05, 3.63) is 0 Å². The topological polar surface area (TPSA) is 36.9 Å². The lowest BCUT2D eigenvalue weighted by molar-refractivity contribution is -0.103. The molecule has 0 radical (unpaired) electrons. The van der Waals surface area contributed by atoms with Crippen LogP contribution in [0.3, 0.4) is 0 Å². The lowest BCUT2D eigenvalue weighted by atomic mass is 10.5. The summed E-state index contributed by atoms with van der Waals surface area (Å²) in [6.07, 6.45) is 0.752. The molecule has 0 unspecified atom stereocenters. The predicted octanol–water partition coefficient (Wildman–Crippen LogP) is 3.77. The summed E-state index contributed by atoms with van der Waals surface area (Å²) in [6, 6.07) is 1.02. The molecule has 0 aromatic carbocycles. The Kier molecular flexibility index (Phi) is 7.68. The Labute approximate surface area is 122 Å². The number of methoxy groups -OCH3 is 2. The number of ether oxygens (including phenoxy) is 2. The zero-order valence-electron chi connectivity index (χ0n) is 14.1. The van der Waals surface area contributed by atoms with E-state index >= 15 is 0 Å². The zero-order valence-corrected chi connectivity index (χ0v) is 17.1. The zero-order chi connectivity index (χ0) is 15.3. The van der Waals surface area contributed by atoms with Crippen molar-refractivity contribution < 1.29 is 17.7 Å². The fraction of sp³-hybridized carbons (Fsp3) is 1.00. The molecule has 0 aliphatic rings. The monoisotopic (exact) mass is 324 g/mol. The van der Waals surface area contributed by atoms with Crippen molar-refractivity contribution >= 4 is 25.2 Å². The average Bonchev–Trinajstić information content (AvgIpc) is 2.12. The average molecular weight is 325 g/mol. The summed E-state index contributed by atoms with van der Waals surface area (Å²) < 4.78 is 23.1. The maximum Gasteiger partial charge on any atom is 0.311 e. The Bertz CT molecular complexity index is 260. The Morgan fingerprint density at radius 3 is 1.63 bits per heavy atom. The van der Waals surface area contributed by atoms with Crippen LogP contribution in [0.25, 0.3) is 0 Å². The van der Waals surface area contributed by atoms with Crippen LogP contribution < -0.4 is 0 Å². The minimum absolute atomic E-state index is 0.127. The fourth-order valence-electron chi connectivity index (χ4n) is 2.27. The van der Waals surface area contributed by atoms with Gasteiger partial charge in [0.25, 0.3) is 0 Å². The van der Waals surface area contributed by atoms with Crippen LogP contribution in [0.5, 0.6) is 0 Å². The molecule has 0 aromatic rings. The number of hydrogen-bond acceptors (Lipinski definition) is 4. The van der Waals surface area contributed by atoms with Crippen LogP contribution in [0.1, 0.15) is 6.42 Å². The lowest BCUT2D eigenvalue weighted by Crippen LogP contribution is -2.51. The van der Waals surface area contributed by atoms with Crippen LogP contribution in [0.15, 0.2) is 0 Å². The number of hydrogen-bond donors (Lipinski definition) is 0. The highest BCUT2D eigenvalue weighted by atomic mass is 28.5. The van der Waals surface area contributed by atoms with E-state index in [2.05, 4.69) is 45.8 Å². The lowest BCUT2D eigenvalue weighted by Gasteiger charge is -2.37. The molecule has 0 bridgehead atoms. The van der Waals surface area contributed by atoms with Crippen molar-refractivity contribution in [2.24, 2.45) is 0 Å². The molecule has 4 nitrogen and oxygen atoms in total. The second-order valence-corrected chi connectivity index (χ2v) is 19.6. The summed E-state index contributed by atoms with van der Waals surface area (Å²) >= 11 is 0. The van der Waals surface area contributed by atoms with E-state index in [1.807, 2.05) is 0 Å². The predicted molar refractivity (Wildman–Crippen MR) is 87.7 cm³/mol. The van der Waals surface area contributed by atoms with Gasteiger partial charge >= 0.3 is 8.56 Å². The van der Waals surface area contributed by atoms with E-state index in [0.29, 0.717) is 0 Å². The Hall–Kier alpha value is 0.491. The minimum atomic E-state index is -2.02. The molecule has 0 heterocycles. The normalized spacial score (nSPS) is 14.2. The van der Waals surface area contributed by atoms with Crippen LogP contribution in [-0.2, 0) is 17.7 Å². The van der Waals surface area contributed by atoms with Gasteiger partial charge in [0.1, 0.15) is 0 Å². The van der Waals surface area contributed by atoms with E-state index in [4.69, 9.17) is 17.7 Å². The van der Waals surface area contributed by atoms with Crippen LogP contribution in [0.4, 0.5) is 0 Å². The SMILES string of the molecule is COC(CC[Si](C)(C)O[Si](C)(C)O[Si](C)(C)C)OC. The van der Waals surface area contributed by atoms with Crippen LogP contribution in [0, 0.1) is 0 Å². The van der Waals surface area contributed by atoms with Crippen LogP contribution in [-0.4, -0.2) is 45.7 Å². The van der Waals surface area contributed by atoms with Gasteiger partial charge in [-0.15, -0.1) is 0 Å². The summed E-state index contributed by atoms with van der Waals surface area (Å²) in [5.74, 6) is 0. The summed E-state index contributed by atoms with van der Waals surface area (Å²) in [4.78, 5) is 0. The van der Waals surface area contributed by atoms with Gasteiger partial charge in [0.15, 0.2) is 22.9 Å². The molecule has 0 atom stereocenters. The van der Waals surface area contributed by atoms with E-state index in [-0.39, 0.29) is 6.29 Å². The third-order valence-corrected chi connectivity index (χ3v) is 12.7. The molecule has 0 aliphatic heterocycles. The molecule has 0 N–H and O–H groups in total. The molecule has 7 heteroatoms. The second-order valence-electron chi connectivity index (χ2n) is 6.92. The highest BCUT2D eigenvalue weighted by molar-refractivity contribution is 6.87. The third kappa shape index (κ3) is 9.94. The van der Waals surface area contributed by atoms with Gasteiger partial charge in [-0.25, -0.2) is 0 Å². The molecule has 0 amide bonds. The molecule has 0 spiro atoms. The van der Waals surface area contributed by atoms with Crippen molar-refractivity contribution in [1.82, 2.24) is 0 Å². The molecule has 0 rings (SSSR count). The largest absolute Gasteiger partial charge is 0.437 e. The molecule has 0 saturated heterocycles. The molecular weight excluding hydrogens is 292 g/mol. The molecule has 19 heavy (non-hydrogen) atoms. The first kappa shape index (κ1) is 19.5. The Balaban J connectivity index is 4.41. The van der Waals surface area contributed by atoms with Crippen LogP contribution in [0.2, 0.25) is 51.9 Å². The summed E-state index contributed by atoms with van der Waals surface area (Å²) in [5, 5.41) is 0. The molecule has 0 aliphatic carbocycles. The van der Waals surface area contributed by atoms with Gasteiger partial charge < -0.3 is 17.7 Å². The van der Waals surface area contributed by atoms with E-state index in [1.54, 1.807) is 14.2 Å². The van der Waals surface area contributed by atoms with Gasteiger partial charge in [0.2, 0.25) is 0 Å². The van der Waals surface area contributed by atoms with Gasteiger partial charge in [-0.05, 0) is 58.3 Å². The summed E-state index contributed by atoms with van der Waals surface area (Å²) in [7, 11) is -1.95. The van der Waals surface area contributed by atoms with E-state index in [1.165, 1.54) is 0 Å². The highest BCUT2D eigenvalue weighted by Gasteiger charge is 2.38. The van der Waals surface area contributed by atoms with Gasteiger partial charge in [0, 0.05) is 14.2 Å². The number of rotatable bonds is 9. The van der Waals surface area contributed by atoms with E-state index in [0.717, 1.165) is 12.5 Å². The first-order chi connectivity index (χ1) is 8.41. The Morgan fingerprint density at radius 1 is 0.789 bits per heavy atom. The van der Waals surface area contributed by atoms with Gasteiger partial charge in [-0.2, -0.15) is 0 Å². The third-order valence-electron chi connectivity index (χ3n) is 2.58.